The van der Waals surface area contributed by atoms with Gasteiger partial charge in [0.2, 0.25) is 9.84 Å². The number of amides is 1. The second-order valence-corrected chi connectivity index (χ2v) is 7.44. The first kappa shape index (κ1) is 18.2. The fourth-order valence-electron chi connectivity index (χ4n) is 2.56. The first-order chi connectivity index (χ1) is 12.2. The van der Waals surface area contributed by atoms with E-state index < -0.39 is 37.4 Å². The van der Waals surface area contributed by atoms with E-state index in [0.717, 1.165) is 12.1 Å². The van der Waals surface area contributed by atoms with Gasteiger partial charge in [0, 0.05) is 19.3 Å². The number of benzene rings is 1. The molecule has 0 bridgehead atoms. The molecule has 0 fully saturated rings. The zero-order valence-electron chi connectivity index (χ0n) is 13.3. The molecule has 10 heteroatoms. The van der Waals surface area contributed by atoms with Crippen LogP contribution < -0.4 is 10.6 Å². The molecule has 1 aliphatic heterocycles. The van der Waals surface area contributed by atoms with Crippen LogP contribution in [0.15, 0.2) is 46.5 Å². The highest BCUT2D eigenvalue weighted by molar-refractivity contribution is 7.91. The highest BCUT2D eigenvalue weighted by Crippen LogP contribution is 2.36. The number of alkyl halides is 3. The summed E-state index contributed by atoms with van der Waals surface area (Å²) >= 11 is 0. The number of nitrogens with one attached hydrogen (secondary N) is 2. The average molecular weight is 385 g/mol. The molecule has 26 heavy (non-hydrogen) atoms. The lowest BCUT2D eigenvalue weighted by Gasteiger charge is -2.15. The minimum atomic E-state index is -4.71. The van der Waals surface area contributed by atoms with Gasteiger partial charge in [-0.1, -0.05) is 0 Å². The van der Waals surface area contributed by atoms with Gasteiger partial charge in [0.25, 0.3) is 5.91 Å². The molecule has 0 spiro atoms. The third kappa shape index (κ3) is 3.36. The maximum Gasteiger partial charge on any atom is 0.416 e. The standard InChI is InChI=1S/C16H14F3N3O3S/c17-16(18,19)10-4-5-12-13(9-10)26(24,25)15-11(3-1-6-22-15)14(23)21-8-2-7-20-12/h1,3-6,9,20H,2,7-8H2,(H,21,23). The zero-order chi connectivity index (χ0) is 18.9. The molecule has 2 N–H and O–H groups in total. The molecule has 0 unspecified atom stereocenters. The van der Waals surface area contributed by atoms with E-state index in [9.17, 15) is 26.4 Å². The van der Waals surface area contributed by atoms with E-state index >= 15 is 0 Å². The second kappa shape index (κ2) is 6.60. The number of halogens is 3. The molecular formula is C16H14F3N3O3S. The Morgan fingerprint density at radius 2 is 1.81 bits per heavy atom. The Kier molecular flexibility index (Phi) is 4.61. The lowest BCUT2D eigenvalue weighted by atomic mass is 10.2. The Hall–Kier alpha value is -2.62. The molecule has 6 nitrogen and oxygen atoms in total. The van der Waals surface area contributed by atoms with E-state index in [1.165, 1.54) is 18.3 Å². The molecule has 138 valence electrons. The number of hydrogen-bond donors (Lipinski definition) is 2. The van der Waals surface area contributed by atoms with Crippen molar-refractivity contribution < 1.29 is 26.4 Å². The summed E-state index contributed by atoms with van der Waals surface area (Å²) in [5, 5.41) is 4.81. The van der Waals surface area contributed by atoms with Crippen molar-refractivity contribution >= 4 is 21.4 Å². The average Bonchev–Trinajstić information content (AvgIpc) is 2.61. The Morgan fingerprint density at radius 3 is 2.54 bits per heavy atom. The van der Waals surface area contributed by atoms with Crippen molar-refractivity contribution in [2.45, 2.75) is 22.5 Å². The fraction of sp³-hybridized carbons (Fsp3) is 0.250. The SMILES string of the molecule is O=C1NCCCNc2ccc(C(F)(F)F)cc2S(=O)(=O)c2ncccc21. The molecule has 0 radical (unpaired) electrons. The Bertz CT molecular complexity index is 959. The van der Waals surface area contributed by atoms with E-state index in [4.69, 9.17) is 0 Å². The smallest absolute Gasteiger partial charge is 0.384 e. The number of hydrogen-bond acceptors (Lipinski definition) is 5. The fourth-order valence-corrected chi connectivity index (χ4v) is 4.13. The van der Waals surface area contributed by atoms with Crippen LogP contribution in [0.2, 0.25) is 0 Å². The molecule has 0 aliphatic carbocycles. The van der Waals surface area contributed by atoms with Gasteiger partial charge in [-0.05, 0) is 36.8 Å². The minimum absolute atomic E-state index is 0.0314. The predicted octanol–water partition coefficient (Wildman–Crippen LogP) is 2.48. The summed E-state index contributed by atoms with van der Waals surface area (Å²) in [6.45, 7) is 0.550. The first-order valence-corrected chi connectivity index (χ1v) is 9.13. The maximum absolute atomic E-state index is 13.1. The van der Waals surface area contributed by atoms with Crippen molar-refractivity contribution in [1.82, 2.24) is 10.3 Å². The minimum Gasteiger partial charge on any atom is -0.384 e. The number of rotatable bonds is 0. The maximum atomic E-state index is 13.1. The summed E-state index contributed by atoms with van der Waals surface area (Å²) in [7, 11) is -4.47. The van der Waals surface area contributed by atoms with Crippen LogP contribution in [0.5, 0.6) is 0 Å². The van der Waals surface area contributed by atoms with Crippen LogP contribution >= 0.6 is 0 Å². The number of anilines is 1. The molecule has 1 aliphatic rings. The van der Waals surface area contributed by atoms with Crippen LogP contribution in [0.1, 0.15) is 22.3 Å². The van der Waals surface area contributed by atoms with Gasteiger partial charge in [-0.3, -0.25) is 4.79 Å². The summed E-state index contributed by atoms with van der Waals surface area (Å²) in [6.07, 6.45) is -3.08. The highest BCUT2D eigenvalue weighted by Gasteiger charge is 2.35. The quantitative estimate of drug-likeness (QED) is 0.728. The van der Waals surface area contributed by atoms with Crippen molar-refractivity contribution in [3.63, 3.8) is 0 Å². The number of fused-ring (bicyclic) bond motifs is 2. The van der Waals surface area contributed by atoms with Crippen molar-refractivity contribution in [2.24, 2.45) is 0 Å². The van der Waals surface area contributed by atoms with Crippen LogP contribution in [0.25, 0.3) is 0 Å². The molecule has 0 atom stereocenters. The molecular weight excluding hydrogens is 371 g/mol. The number of nitrogens with zero attached hydrogens (tertiary/aromatic N) is 1. The molecule has 0 saturated heterocycles. The topological polar surface area (TPSA) is 88.2 Å². The molecule has 2 aromatic rings. The molecule has 1 aromatic heterocycles. The number of sulfone groups is 1. The predicted molar refractivity (Wildman–Crippen MR) is 86.6 cm³/mol. The van der Waals surface area contributed by atoms with Crippen LogP contribution in [0.3, 0.4) is 0 Å². The van der Waals surface area contributed by atoms with Crippen LogP contribution in [0, 0.1) is 0 Å². The summed E-state index contributed by atoms with van der Waals surface area (Å²) in [4.78, 5) is 15.4. The lowest BCUT2D eigenvalue weighted by molar-refractivity contribution is -0.137. The van der Waals surface area contributed by atoms with Gasteiger partial charge >= 0.3 is 6.18 Å². The molecule has 1 aromatic carbocycles. The Balaban J connectivity index is 2.28. The number of pyridine rings is 1. The number of carbonyl (C=O) groups excluding carboxylic acids is 1. The lowest BCUT2D eigenvalue weighted by Crippen LogP contribution is -2.27. The van der Waals surface area contributed by atoms with E-state index in [-0.39, 0.29) is 24.3 Å². The van der Waals surface area contributed by atoms with E-state index in [2.05, 4.69) is 15.6 Å². The second-order valence-electron chi connectivity index (χ2n) is 5.60. The van der Waals surface area contributed by atoms with Crippen LogP contribution in [-0.2, 0) is 16.0 Å². The van der Waals surface area contributed by atoms with E-state index in [1.54, 1.807) is 0 Å². The van der Waals surface area contributed by atoms with E-state index in [0.29, 0.717) is 12.5 Å². The first-order valence-electron chi connectivity index (χ1n) is 7.64. The third-order valence-corrected chi connectivity index (χ3v) is 5.57. The molecule has 3 rings (SSSR count). The summed E-state index contributed by atoms with van der Waals surface area (Å²) in [6, 6.07) is 5.10. The van der Waals surface area contributed by atoms with E-state index in [1.807, 2.05) is 0 Å². The Morgan fingerprint density at radius 1 is 1.08 bits per heavy atom. The van der Waals surface area contributed by atoms with Gasteiger partial charge in [-0.2, -0.15) is 13.2 Å². The van der Waals surface area contributed by atoms with Gasteiger partial charge in [-0.15, -0.1) is 0 Å². The molecule has 0 saturated carbocycles. The van der Waals surface area contributed by atoms with Gasteiger partial charge in [0.05, 0.1) is 21.7 Å². The van der Waals surface area contributed by atoms with Crippen molar-refractivity contribution in [2.75, 3.05) is 18.4 Å². The van der Waals surface area contributed by atoms with Crippen LogP contribution in [-0.4, -0.2) is 32.4 Å². The van der Waals surface area contributed by atoms with Gasteiger partial charge in [0.15, 0.2) is 5.03 Å². The van der Waals surface area contributed by atoms with Crippen molar-refractivity contribution in [3.05, 3.63) is 47.7 Å². The van der Waals surface area contributed by atoms with Crippen molar-refractivity contribution in [3.8, 4) is 0 Å². The monoisotopic (exact) mass is 385 g/mol. The largest absolute Gasteiger partial charge is 0.416 e. The zero-order valence-corrected chi connectivity index (χ0v) is 14.1. The summed E-state index contributed by atoms with van der Waals surface area (Å²) in [5.74, 6) is -0.646. The van der Waals surface area contributed by atoms with Crippen molar-refractivity contribution in [1.29, 1.82) is 0 Å². The van der Waals surface area contributed by atoms with Gasteiger partial charge < -0.3 is 10.6 Å². The van der Waals surface area contributed by atoms with Gasteiger partial charge in [-0.25, -0.2) is 13.4 Å². The van der Waals surface area contributed by atoms with Crippen LogP contribution in [0.4, 0.5) is 18.9 Å². The van der Waals surface area contributed by atoms with Gasteiger partial charge in [0.1, 0.15) is 0 Å². The number of aromatic nitrogens is 1. The highest BCUT2D eigenvalue weighted by atomic mass is 32.2. The molecule has 1 amide bonds. The molecule has 2 heterocycles. The normalized spacial score (nSPS) is 17.1. The Labute approximate surface area is 147 Å². The number of carbonyl (C=O) groups is 1. The summed E-state index contributed by atoms with van der Waals surface area (Å²) in [5.41, 5.74) is -1.28. The third-order valence-electron chi connectivity index (χ3n) is 3.82. The summed E-state index contributed by atoms with van der Waals surface area (Å²) < 4.78 is 65.2.